The molecular weight excluding hydrogens is 222 g/mol. The second-order valence-electron chi connectivity index (χ2n) is 4.55. The van der Waals surface area contributed by atoms with E-state index in [1.807, 2.05) is 18.2 Å². The van der Waals surface area contributed by atoms with Gasteiger partial charge in [0.1, 0.15) is 0 Å². The molecule has 1 aliphatic rings. The molecule has 1 saturated carbocycles. The molecule has 0 saturated heterocycles. The fourth-order valence-electron chi connectivity index (χ4n) is 2.33. The first-order chi connectivity index (χ1) is 7.66. The van der Waals surface area contributed by atoms with Crippen LogP contribution in [0.4, 0.5) is 0 Å². The number of benzene rings is 1. The Bertz CT molecular complexity index is 356. The maximum absolute atomic E-state index is 9.75. The lowest BCUT2D eigenvalue weighted by atomic mass is 10.1. The second kappa shape index (κ2) is 5.17. The minimum atomic E-state index is -0.193. The SMILES string of the molecule is CC(N[C@H]1CCC[C@@H]1O)c1cccc(Cl)c1. The molecule has 16 heavy (non-hydrogen) atoms. The highest BCUT2D eigenvalue weighted by Gasteiger charge is 2.26. The maximum atomic E-state index is 9.75. The van der Waals surface area contributed by atoms with Crippen LogP contribution in [0, 0.1) is 0 Å². The van der Waals surface area contributed by atoms with E-state index in [-0.39, 0.29) is 18.2 Å². The maximum Gasteiger partial charge on any atom is 0.0693 e. The summed E-state index contributed by atoms with van der Waals surface area (Å²) in [4.78, 5) is 0. The second-order valence-corrected chi connectivity index (χ2v) is 4.98. The molecule has 0 spiro atoms. The molecule has 1 aromatic carbocycles. The Hall–Kier alpha value is -0.570. The van der Waals surface area contributed by atoms with Crippen LogP contribution in [0.1, 0.15) is 37.8 Å². The molecule has 0 amide bonds. The number of rotatable bonds is 3. The van der Waals surface area contributed by atoms with Crippen LogP contribution >= 0.6 is 11.6 Å². The van der Waals surface area contributed by atoms with Gasteiger partial charge in [-0.3, -0.25) is 0 Å². The van der Waals surface area contributed by atoms with Gasteiger partial charge in [-0.05, 0) is 43.9 Å². The number of hydrogen-bond acceptors (Lipinski definition) is 2. The molecular formula is C13H18ClNO. The third-order valence-electron chi connectivity index (χ3n) is 3.29. The molecule has 0 bridgehead atoms. The van der Waals surface area contributed by atoms with E-state index in [1.54, 1.807) is 0 Å². The summed E-state index contributed by atoms with van der Waals surface area (Å²) in [6, 6.07) is 8.33. The number of aliphatic hydroxyl groups excluding tert-OH is 1. The van der Waals surface area contributed by atoms with Crippen molar-refractivity contribution >= 4 is 11.6 Å². The molecule has 1 aromatic rings. The van der Waals surface area contributed by atoms with Gasteiger partial charge in [0, 0.05) is 17.1 Å². The van der Waals surface area contributed by atoms with E-state index in [2.05, 4.69) is 18.3 Å². The van der Waals surface area contributed by atoms with Crippen LogP contribution in [0.3, 0.4) is 0 Å². The van der Waals surface area contributed by atoms with Crippen molar-refractivity contribution in [2.75, 3.05) is 0 Å². The summed E-state index contributed by atoms with van der Waals surface area (Å²) in [6.45, 7) is 2.11. The van der Waals surface area contributed by atoms with Crippen LogP contribution in [0.25, 0.3) is 0 Å². The van der Waals surface area contributed by atoms with Crippen molar-refractivity contribution in [3.8, 4) is 0 Å². The summed E-state index contributed by atoms with van der Waals surface area (Å²) in [5, 5.41) is 14.0. The Morgan fingerprint density at radius 1 is 1.44 bits per heavy atom. The molecule has 2 N–H and O–H groups in total. The summed E-state index contributed by atoms with van der Waals surface area (Å²) < 4.78 is 0. The van der Waals surface area contributed by atoms with Gasteiger partial charge in [0.05, 0.1) is 6.10 Å². The van der Waals surface area contributed by atoms with E-state index in [0.717, 1.165) is 24.3 Å². The highest BCUT2D eigenvalue weighted by molar-refractivity contribution is 6.30. The van der Waals surface area contributed by atoms with Crippen molar-refractivity contribution < 1.29 is 5.11 Å². The zero-order valence-electron chi connectivity index (χ0n) is 9.49. The quantitative estimate of drug-likeness (QED) is 0.850. The molecule has 88 valence electrons. The first kappa shape index (κ1) is 11.9. The lowest BCUT2D eigenvalue weighted by Gasteiger charge is -2.22. The third-order valence-corrected chi connectivity index (χ3v) is 3.53. The van der Waals surface area contributed by atoms with Gasteiger partial charge in [0.25, 0.3) is 0 Å². The standard InChI is InChI=1S/C13H18ClNO/c1-9(10-4-2-5-11(14)8-10)15-12-6-3-7-13(12)16/h2,4-5,8-9,12-13,15-16H,3,6-7H2,1H3/t9?,12-,13-/m0/s1. The van der Waals surface area contributed by atoms with Crippen LogP contribution in [0.15, 0.2) is 24.3 Å². The van der Waals surface area contributed by atoms with Crippen LogP contribution in [0.2, 0.25) is 5.02 Å². The van der Waals surface area contributed by atoms with Crippen LogP contribution in [-0.4, -0.2) is 17.3 Å². The average molecular weight is 240 g/mol. The van der Waals surface area contributed by atoms with Crippen LogP contribution in [-0.2, 0) is 0 Å². The van der Waals surface area contributed by atoms with E-state index in [1.165, 1.54) is 5.56 Å². The number of halogens is 1. The van der Waals surface area contributed by atoms with E-state index >= 15 is 0 Å². The molecule has 3 heteroatoms. The zero-order chi connectivity index (χ0) is 11.5. The Balaban J connectivity index is 1.99. The molecule has 0 radical (unpaired) electrons. The highest BCUT2D eigenvalue weighted by Crippen LogP contribution is 2.23. The van der Waals surface area contributed by atoms with Crippen LogP contribution in [0.5, 0.6) is 0 Å². The molecule has 1 aliphatic carbocycles. The van der Waals surface area contributed by atoms with Crippen molar-refractivity contribution in [1.29, 1.82) is 0 Å². The molecule has 0 aliphatic heterocycles. The summed E-state index contributed by atoms with van der Waals surface area (Å²) in [7, 11) is 0. The molecule has 0 aromatic heterocycles. The molecule has 2 rings (SSSR count). The number of aliphatic hydroxyl groups is 1. The predicted octanol–water partition coefficient (Wildman–Crippen LogP) is 2.90. The fourth-order valence-corrected chi connectivity index (χ4v) is 2.53. The lowest BCUT2D eigenvalue weighted by Crippen LogP contribution is -2.37. The van der Waals surface area contributed by atoms with Gasteiger partial charge in [-0.1, -0.05) is 23.7 Å². The molecule has 1 fully saturated rings. The third kappa shape index (κ3) is 2.76. The smallest absolute Gasteiger partial charge is 0.0693 e. The number of nitrogens with one attached hydrogen (secondary N) is 1. The first-order valence-corrected chi connectivity index (χ1v) is 6.24. The van der Waals surface area contributed by atoms with E-state index in [0.29, 0.717) is 0 Å². The zero-order valence-corrected chi connectivity index (χ0v) is 10.2. The van der Waals surface area contributed by atoms with Gasteiger partial charge in [-0.2, -0.15) is 0 Å². The molecule has 1 unspecified atom stereocenters. The summed E-state index contributed by atoms with van der Waals surface area (Å²) >= 11 is 5.96. The minimum Gasteiger partial charge on any atom is -0.392 e. The normalized spacial score (nSPS) is 26.9. The topological polar surface area (TPSA) is 32.3 Å². The van der Waals surface area contributed by atoms with Crippen molar-refractivity contribution in [2.45, 2.75) is 44.4 Å². The van der Waals surface area contributed by atoms with Crippen LogP contribution < -0.4 is 5.32 Å². The van der Waals surface area contributed by atoms with Gasteiger partial charge in [-0.25, -0.2) is 0 Å². The van der Waals surface area contributed by atoms with Gasteiger partial charge in [-0.15, -0.1) is 0 Å². The minimum absolute atomic E-state index is 0.193. The summed E-state index contributed by atoms with van der Waals surface area (Å²) in [6.07, 6.45) is 2.90. The van der Waals surface area contributed by atoms with E-state index in [4.69, 9.17) is 11.6 Å². The van der Waals surface area contributed by atoms with Gasteiger partial charge < -0.3 is 10.4 Å². The Kier molecular flexibility index (Phi) is 3.85. The van der Waals surface area contributed by atoms with Crippen molar-refractivity contribution in [1.82, 2.24) is 5.32 Å². The van der Waals surface area contributed by atoms with Gasteiger partial charge in [0.15, 0.2) is 0 Å². The van der Waals surface area contributed by atoms with Gasteiger partial charge in [0.2, 0.25) is 0 Å². The molecule has 3 atom stereocenters. The van der Waals surface area contributed by atoms with Gasteiger partial charge >= 0.3 is 0 Å². The van der Waals surface area contributed by atoms with E-state index < -0.39 is 0 Å². The van der Waals surface area contributed by atoms with E-state index in [9.17, 15) is 5.11 Å². The predicted molar refractivity (Wildman–Crippen MR) is 66.6 cm³/mol. The van der Waals surface area contributed by atoms with Crippen molar-refractivity contribution in [2.24, 2.45) is 0 Å². The molecule has 0 heterocycles. The number of hydrogen-bond donors (Lipinski definition) is 2. The largest absolute Gasteiger partial charge is 0.392 e. The summed E-state index contributed by atoms with van der Waals surface area (Å²) in [5.41, 5.74) is 1.17. The first-order valence-electron chi connectivity index (χ1n) is 5.86. The van der Waals surface area contributed by atoms with Crippen molar-refractivity contribution in [3.05, 3.63) is 34.9 Å². The monoisotopic (exact) mass is 239 g/mol. The molecule has 2 nitrogen and oxygen atoms in total. The van der Waals surface area contributed by atoms with Crippen molar-refractivity contribution in [3.63, 3.8) is 0 Å². The lowest BCUT2D eigenvalue weighted by molar-refractivity contribution is 0.144. The average Bonchev–Trinajstić information content (AvgIpc) is 2.64. The highest BCUT2D eigenvalue weighted by atomic mass is 35.5. The summed E-state index contributed by atoms with van der Waals surface area (Å²) in [5.74, 6) is 0. The Labute approximate surface area is 102 Å². The Morgan fingerprint density at radius 3 is 2.88 bits per heavy atom. The Morgan fingerprint density at radius 2 is 2.25 bits per heavy atom. The fraction of sp³-hybridized carbons (Fsp3) is 0.538.